The first kappa shape index (κ1) is 9.02. The van der Waals surface area contributed by atoms with Crippen LogP contribution < -0.4 is 5.73 Å². The molecule has 0 unspecified atom stereocenters. The highest BCUT2D eigenvalue weighted by Gasteiger charge is 2.06. The second-order valence-electron chi connectivity index (χ2n) is 2.89. The molecule has 0 aromatic carbocycles. The zero-order valence-electron chi connectivity index (χ0n) is 7.61. The number of pyridine rings is 1. The number of hydrogen-bond donors (Lipinski definition) is 1. The first-order valence-corrected chi connectivity index (χ1v) is 4.48. The van der Waals surface area contributed by atoms with Crippen molar-refractivity contribution in [2.45, 2.75) is 6.92 Å². The Hall–Kier alpha value is -1.55. The van der Waals surface area contributed by atoms with Crippen molar-refractivity contribution in [3.8, 4) is 5.82 Å². The highest BCUT2D eigenvalue weighted by Crippen LogP contribution is 2.18. The zero-order chi connectivity index (χ0) is 10.1. The fourth-order valence-corrected chi connectivity index (χ4v) is 1.37. The molecule has 0 amide bonds. The topological polar surface area (TPSA) is 56.7 Å². The van der Waals surface area contributed by atoms with E-state index in [0.717, 1.165) is 5.82 Å². The van der Waals surface area contributed by atoms with Gasteiger partial charge in [-0.2, -0.15) is 0 Å². The molecular formula is C9H9ClN4. The molecule has 0 aliphatic heterocycles. The van der Waals surface area contributed by atoms with E-state index in [-0.39, 0.29) is 0 Å². The largest absolute Gasteiger partial charge is 0.396 e. The molecule has 2 aromatic rings. The lowest BCUT2D eigenvalue weighted by atomic mass is 10.4. The normalized spacial score (nSPS) is 10.4. The minimum Gasteiger partial charge on any atom is -0.396 e. The van der Waals surface area contributed by atoms with Crippen molar-refractivity contribution in [3.05, 3.63) is 35.5 Å². The molecule has 72 valence electrons. The number of nitrogens with two attached hydrogens (primary N) is 1. The second-order valence-corrected chi connectivity index (χ2v) is 3.28. The van der Waals surface area contributed by atoms with Gasteiger partial charge in [0, 0.05) is 12.4 Å². The molecule has 2 rings (SSSR count). The molecule has 0 radical (unpaired) electrons. The van der Waals surface area contributed by atoms with Gasteiger partial charge < -0.3 is 5.73 Å². The molecule has 0 fully saturated rings. The van der Waals surface area contributed by atoms with Crippen LogP contribution in [0.25, 0.3) is 5.82 Å². The van der Waals surface area contributed by atoms with Gasteiger partial charge in [0.25, 0.3) is 0 Å². The van der Waals surface area contributed by atoms with Crippen LogP contribution in [0.2, 0.25) is 5.15 Å². The van der Waals surface area contributed by atoms with E-state index >= 15 is 0 Å². The van der Waals surface area contributed by atoms with E-state index in [9.17, 15) is 0 Å². The van der Waals surface area contributed by atoms with Crippen LogP contribution in [0.15, 0.2) is 24.5 Å². The monoisotopic (exact) mass is 208 g/mol. The summed E-state index contributed by atoms with van der Waals surface area (Å²) >= 11 is 5.79. The fourth-order valence-electron chi connectivity index (χ4n) is 1.23. The lowest BCUT2D eigenvalue weighted by Gasteiger charge is -2.06. The van der Waals surface area contributed by atoms with Gasteiger partial charge in [0.2, 0.25) is 0 Å². The van der Waals surface area contributed by atoms with E-state index in [1.165, 1.54) is 0 Å². The summed E-state index contributed by atoms with van der Waals surface area (Å²) in [6.07, 6.45) is 3.49. The van der Waals surface area contributed by atoms with E-state index in [4.69, 9.17) is 17.3 Å². The van der Waals surface area contributed by atoms with Crippen LogP contribution in [0.5, 0.6) is 0 Å². The third-order valence-electron chi connectivity index (χ3n) is 1.93. The summed E-state index contributed by atoms with van der Waals surface area (Å²) in [5, 5.41) is 0.419. The molecule has 2 heterocycles. The molecule has 0 saturated carbocycles. The van der Waals surface area contributed by atoms with Gasteiger partial charge in [-0.1, -0.05) is 11.6 Å². The summed E-state index contributed by atoms with van der Waals surface area (Å²) in [5.41, 5.74) is 6.36. The molecule has 5 heteroatoms. The van der Waals surface area contributed by atoms with Crippen LogP contribution in [0, 0.1) is 6.92 Å². The van der Waals surface area contributed by atoms with Gasteiger partial charge in [0.15, 0.2) is 5.82 Å². The van der Waals surface area contributed by atoms with Crippen LogP contribution in [-0.2, 0) is 0 Å². The lowest BCUT2D eigenvalue weighted by Crippen LogP contribution is -2.03. The van der Waals surface area contributed by atoms with E-state index in [0.29, 0.717) is 16.7 Å². The van der Waals surface area contributed by atoms with Crippen LogP contribution in [-0.4, -0.2) is 14.5 Å². The molecule has 0 saturated heterocycles. The summed E-state index contributed by atoms with van der Waals surface area (Å²) < 4.78 is 1.79. The van der Waals surface area contributed by atoms with E-state index in [1.807, 2.05) is 6.92 Å². The van der Waals surface area contributed by atoms with Gasteiger partial charge in [-0.25, -0.2) is 9.97 Å². The molecule has 4 nitrogen and oxygen atoms in total. The zero-order valence-corrected chi connectivity index (χ0v) is 8.36. The maximum atomic E-state index is 5.79. The van der Waals surface area contributed by atoms with Gasteiger partial charge in [-0.05, 0) is 19.1 Å². The van der Waals surface area contributed by atoms with Crippen molar-refractivity contribution >= 4 is 17.3 Å². The summed E-state index contributed by atoms with van der Waals surface area (Å²) in [6, 6.07) is 3.39. The maximum absolute atomic E-state index is 5.79. The smallest absolute Gasteiger partial charge is 0.163 e. The molecule has 0 spiro atoms. The van der Waals surface area contributed by atoms with Gasteiger partial charge in [-0.15, -0.1) is 0 Å². The Morgan fingerprint density at radius 3 is 2.86 bits per heavy atom. The number of nitrogens with zero attached hydrogens (tertiary/aromatic N) is 3. The third-order valence-corrected chi connectivity index (χ3v) is 2.14. The summed E-state index contributed by atoms with van der Waals surface area (Å²) in [7, 11) is 0. The number of aromatic nitrogens is 3. The van der Waals surface area contributed by atoms with Gasteiger partial charge in [0.05, 0.1) is 5.69 Å². The first-order chi connectivity index (χ1) is 6.68. The van der Waals surface area contributed by atoms with Crippen molar-refractivity contribution < 1.29 is 0 Å². The predicted molar refractivity (Wildman–Crippen MR) is 55.5 cm³/mol. The third kappa shape index (κ3) is 1.44. The van der Waals surface area contributed by atoms with Crippen LogP contribution in [0.4, 0.5) is 5.69 Å². The molecule has 14 heavy (non-hydrogen) atoms. The standard InChI is InChI=1S/C9H9ClN4/c1-6-12-4-5-14(6)9-7(11)2-3-8(10)13-9/h2-5H,11H2,1H3. The Balaban J connectivity index is 2.62. The summed E-state index contributed by atoms with van der Waals surface area (Å²) in [6.45, 7) is 1.88. The summed E-state index contributed by atoms with van der Waals surface area (Å²) in [5.74, 6) is 1.44. The SMILES string of the molecule is Cc1nccn1-c1nc(Cl)ccc1N. The quantitative estimate of drug-likeness (QED) is 0.728. The Morgan fingerprint density at radius 1 is 1.43 bits per heavy atom. The maximum Gasteiger partial charge on any atom is 0.163 e. The van der Waals surface area contributed by atoms with Gasteiger partial charge in [-0.3, -0.25) is 4.57 Å². The number of hydrogen-bond acceptors (Lipinski definition) is 3. The van der Waals surface area contributed by atoms with Crippen molar-refractivity contribution in [2.75, 3.05) is 5.73 Å². The van der Waals surface area contributed by atoms with Crippen LogP contribution in [0.3, 0.4) is 0 Å². The van der Waals surface area contributed by atoms with Crippen molar-refractivity contribution in [3.63, 3.8) is 0 Å². The van der Waals surface area contributed by atoms with Crippen molar-refractivity contribution in [1.82, 2.24) is 14.5 Å². The number of anilines is 1. The molecule has 0 aliphatic carbocycles. The Morgan fingerprint density at radius 2 is 2.21 bits per heavy atom. The molecule has 2 aromatic heterocycles. The van der Waals surface area contributed by atoms with Crippen LogP contribution >= 0.6 is 11.6 Å². The highest BCUT2D eigenvalue weighted by molar-refractivity contribution is 6.29. The van der Waals surface area contributed by atoms with Crippen molar-refractivity contribution in [2.24, 2.45) is 0 Å². The number of rotatable bonds is 1. The Labute approximate surface area is 86.4 Å². The molecule has 0 atom stereocenters. The minimum absolute atomic E-state index is 0.419. The number of nitrogen functional groups attached to an aromatic ring is 1. The predicted octanol–water partition coefficient (Wildman–Crippen LogP) is 1.81. The minimum atomic E-state index is 0.419. The van der Waals surface area contributed by atoms with Gasteiger partial charge in [0.1, 0.15) is 11.0 Å². The van der Waals surface area contributed by atoms with E-state index < -0.39 is 0 Å². The average Bonchev–Trinajstić information content (AvgIpc) is 2.56. The van der Waals surface area contributed by atoms with Crippen LogP contribution in [0.1, 0.15) is 5.82 Å². The molecule has 2 N–H and O–H groups in total. The number of imidazole rings is 1. The Bertz CT molecular complexity index is 464. The van der Waals surface area contributed by atoms with Crippen molar-refractivity contribution in [1.29, 1.82) is 0 Å². The van der Waals surface area contributed by atoms with E-state index in [1.54, 1.807) is 29.1 Å². The summed E-state index contributed by atoms with van der Waals surface area (Å²) in [4.78, 5) is 8.23. The molecular weight excluding hydrogens is 200 g/mol. The Kier molecular flexibility index (Phi) is 2.13. The number of halogens is 1. The number of aryl methyl sites for hydroxylation is 1. The highest BCUT2D eigenvalue weighted by atomic mass is 35.5. The molecule has 0 aliphatic rings. The van der Waals surface area contributed by atoms with Gasteiger partial charge >= 0.3 is 0 Å². The average molecular weight is 209 g/mol. The lowest BCUT2D eigenvalue weighted by molar-refractivity contribution is 0.936. The second kappa shape index (κ2) is 3.31. The van der Waals surface area contributed by atoms with E-state index in [2.05, 4.69) is 9.97 Å². The fraction of sp³-hybridized carbons (Fsp3) is 0.111. The molecule has 0 bridgehead atoms. The first-order valence-electron chi connectivity index (χ1n) is 4.11.